The third kappa shape index (κ3) is 3.64. The molecule has 1 aliphatic rings. The summed E-state index contributed by atoms with van der Waals surface area (Å²) in [5.74, 6) is -1.01. The third-order valence-electron chi connectivity index (χ3n) is 5.09. The van der Waals surface area contributed by atoms with Gasteiger partial charge in [-0.1, -0.05) is 23.7 Å². The first-order valence-corrected chi connectivity index (χ1v) is 12.8. The van der Waals surface area contributed by atoms with Gasteiger partial charge in [0.15, 0.2) is 0 Å². The normalized spacial score (nSPS) is 19.3. The topological polar surface area (TPSA) is 79.6 Å². The molecule has 162 valence electrons. The molecule has 0 bridgehead atoms. The number of halogens is 4. The summed E-state index contributed by atoms with van der Waals surface area (Å²) in [6.45, 7) is -0.0197. The highest BCUT2D eigenvalue weighted by atomic mass is 127. The van der Waals surface area contributed by atoms with Crippen LogP contribution < -0.4 is 7.84 Å². The van der Waals surface area contributed by atoms with Crippen molar-refractivity contribution in [3.63, 3.8) is 0 Å². The van der Waals surface area contributed by atoms with Crippen LogP contribution in [0.15, 0.2) is 59.2 Å². The van der Waals surface area contributed by atoms with Gasteiger partial charge in [-0.15, -0.1) is 0 Å². The molecule has 1 amide bonds. The number of hydrogen-bond acceptors (Lipinski definition) is 4. The summed E-state index contributed by atoms with van der Waals surface area (Å²) < 4.78 is 46.9. The fourth-order valence-electron chi connectivity index (χ4n) is 3.62. The molecule has 4 rings (SSSR count). The monoisotopic (exact) mass is 686 g/mol. The number of rotatable bonds is 5. The minimum absolute atomic E-state index is 0.0197. The molecule has 6 nitrogen and oxygen atoms in total. The Kier molecular flexibility index (Phi) is 6.27. The van der Waals surface area contributed by atoms with E-state index in [9.17, 15) is 17.6 Å². The van der Waals surface area contributed by atoms with Crippen molar-refractivity contribution >= 4 is 78.7 Å². The van der Waals surface area contributed by atoms with Crippen molar-refractivity contribution < 1.29 is 22.0 Å². The molecule has 2 heterocycles. The number of carbonyl (C=O) groups is 1. The maximum absolute atomic E-state index is 14.7. The van der Waals surface area contributed by atoms with Crippen molar-refractivity contribution in [1.29, 1.82) is 0 Å². The highest BCUT2D eigenvalue weighted by molar-refractivity contribution is 14.1. The van der Waals surface area contributed by atoms with Gasteiger partial charge in [-0.25, -0.2) is 15.3 Å². The molecule has 0 fully saturated rings. The van der Waals surface area contributed by atoms with Gasteiger partial charge in [0.05, 0.1) is 41.4 Å². The molecule has 1 N–H and O–H groups in total. The Morgan fingerprint density at radius 2 is 1.94 bits per heavy atom. The molecule has 1 aromatic heterocycles. The number of amides is 1. The Bertz CT molecular complexity index is 1250. The van der Waals surface area contributed by atoms with Gasteiger partial charge in [0.2, 0.25) is 10.7 Å². The van der Waals surface area contributed by atoms with Crippen molar-refractivity contribution in [2.24, 2.45) is 0 Å². The van der Waals surface area contributed by atoms with Gasteiger partial charge in [0.25, 0.3) is 10.0 Å². The van der Waals surface area contributed by atoms with Gasteiger partial charge < -0.3 is 9.73 Å². The lowest BCUT2D eigenvalue weighted by Gasteiger charge is -2.29. The molecule has 2 aromatic carbocycles. The zero-order valence-electron chi connectivity index (χ0n) is 15.6. The molecule has 11 heteroatoms. The van der Waals surface area contributed by atoms with Gasteiger partial charge in [0, 0.05) is 26.1 Å². The smallest absolute Gasteiger partial charge is 0.263 e. The first kappa shape index (κ1) is 22.8. The lowest BCUT2D eigenvalue weighted by molar-refractivity contribution is -0.124. The summed E-state index contributed by atoms with van der Waals surface area (Å²) in [5, 5.41) is 2.71. The Labute approximate surface area is 210 Å². The van der Waals surface area contributed by atoms with E-state index in [0.717, 1.165) is 2.52 Å². The quantitative estimate of drug-likeness (QED) is 0.305. The predicted molar refractivity (Wildman–Crippen MR) is 132 cm³/mol. The standard InChI is InChI=1S/C20H14ClFI2N2O4S/c21-14-5-1-6-15(22)13(14)10-20(19(27)25-11-12-4-3-9-30-12)18-16(23)7-2-8-17(18)26(24)31(20,28)29/h1-9H,10-11H2,(H,25,27). The van der Waals surface area contributed by atoms with Crippen molar-refractivity contribution in [3.8, 4) is 0 Å². The van der Waals surface area contributed by atoms with Gasteiger partial charge in [-0.2, -0.15) is 0 Å². The number of nitrogens with zero attached hydrogens (tertiary/aromatic N) is 1. The first-order valence-electron chi connectivity index (χ1n) is 8.93. The van der Waals surface area contributed by atoms with Crippen LogP contribution in [0.2, 0.25) is 5.02 Å². The van der Waals surface area contributed by atoms with E-state index in [1.54, 1.807) is 53.2 Å². The molecule has 0 saturated heterocycles. The molecular weight excluding hydrogens is 673 g/mol. The van der Waals surface area contributed by atoms with Crippen molar-refractivity contribution in [2.45, 2.75) is 17.7 Å². The predicted octanol–water partition coefficient (Wildman–Crippen LogP) is 4.93. The van der Waals surface area contributed by atoms with Crippen LogP contribution in [0, 0.1) is 9.39 Å². The lowest BCUT2D eigenvalue weighted by atomic mass is 9.88. The Hall–Kier alpha value is -1.38. The number of anilines is 1. The van der Waals surface area contributed by atoms with E-state index >= 15 is 0 Å². The van der Waals surface area contributed by atoms with Crippen molar-refractivity contribution in [2.75, 3.05) is 2.52 Å². The highest BCUT2D eigenvalue weighted by Gasteiger charge is 2.62. The molecule has 0 saturated carbocycles. The van der Waals surface area contributed by atoms with Crippen LogP contribution >= 0.6 is 57.1 Å². The van der Waals surface area contributed by atoms with E-state index in [-0.39, 0.29) is 17.1 Å². The molecular formula is C20H14ClFI2N2O4S. The summed E-state index contributed by atoms with van der Waals surface area (Å²) in [5.41, 5.74) is 0.604. The van der Waals surface area contributed by atoms with E-state index in [0.29, 0.717) is 20.6 Å². The molecule has 1 unspecified atom stereocenters. The first-order chi connectivity index (χ1) is 14.7. The summed E-state index contributed by atoms with van der Waals surface area (Å²) >= 11 is 9.88. The summed E-state index contributed by atoms with van der Waals surface area (Å²) in [4.78, 5) is 13.6. The fraction of sp³-hybridized carbons (Fsp3) is 0.150. The second-order valence-electron chi connectivity index (χ2n) is 6.82. The molecule has 0 spiro atoms. The maximum atomic E-state index is 14.7. The van der Waals surface area contributed by atoms with E-state index in [1.807, 2.05) is 22.6 Å². The summed E-state index contributed by atoms with van der Waals surface area (Å²) in [6.07, 6.45) is 0.991. The highest BCUT2D eigenvalue weighted by Crippen LogP contribution is 2.53. The maximum Gasteiger partial charge on any atom is 0.263 e. The summed E-state index contributed by atoms with van der Waals surface area (Å²) in [6, 6.07) is 12.4. The van der Waals surface area contributed by atoms with Crippen LogP contribution in [0.25, 0.3) is 0 Å². The van der Waals surface area contributed by atoms with Crippen LogP contribution in [-0.2, 0) is 32.5 Å². The molecule has 1 atom stereocenters. The Morgan fingerprint density at radius 3 is 2.61 bits per heavy atom. The summed E-state index contributed by atoms with van der Waals surface area (Å²) in [7, 11) is -4.28. The largest absolute Gasteiger partial charge is 0.467 e. The number of benzene rings is 2. The zero-order valence-corrected chi connectivity index (χ0v) is 21.5. The number of sulfonamides is 1. The molecule has 0 radical (unpaired) electrons. The number of hydrogen-bond donors (Lipinski definition) is 1. The van der Waals surface area contributed by atoms with Crippen molar-refractivity contribution in [1.82, 2.24) is 5.32 Å². The number of fused-ring (bicyclic) bond motifs is 1. The SMILES string of the molecule is O=C(NCc1ccco1)C1(Cc2c(F)cccc2Cl)c2c(I)cccc2N(I)S1(=O)=O. The molecule has 1 aliphatic heterocycles. The number of nitrogens with one attached hydrogen (secondary N) is 1. The second kappa shape index (κ2) is 8.52. The van der Waals surface area contributed by atoms with Crippen LogP contribution in [-0.4, -0.2) is 14.3 Å². The third-order valence-corrected chi connectivity index (χ3v) is 10.5. The second-order valence-corrected chi connectivity index (χ2v) is 12.0. The molecule has 31 heavy (non-hydrogen) atoms. The number of carbonyl (C=O) groups excluding carboxylic acids is 1. The van der Waals surface area contributed by atoms with E-state index < -0.39 is 32.9 Å². The minimum Gasteiger partial charge on any atom is -0.467 e. The Morgan fingerprint density at radius 1 is 1.19 bits per heavy atom. The van der Waals surface area contributed by atoms with E-state index in [2.05, 4.69) is 5.32 Å². The average Bonchev–Trinajstić information content (AvgIpc) is 3.30. The van der Waals surface area contributed by atoms with E-state index in [1.165, 1.54) is 24.5 Å². The van der Waals surface area contributed by atoms with Crippen LogP contribution in [0.1, 0.15) is 16.9 Å². The minimum atomic E-state index is -4.28. The van der Waals surface area contributed by atoms with Gasteiger partial charge in [0.1, 0.15) is 11.6 Å². The van der Waals surface area contributed by atoms with Gasteiger partial charge in [-0.3, -0.25) is 4.79 Å². The van der Waals surface area contributed by atoms with Crippen LogP contribution in [0.4, 0.5) is 10.1 Å². The van der Waals surface area contributed by atoms with Crippen molar-refractivity contribution in [3.05, 3.63) is 86.1 Å². The molecule has 3 aromatic rings. The average molecular weight is 687 g/mol. The Balaban J connectivity index is 1.93. The zero-order chi connectivity index (χ0) is 22.4. The lowest BCUT2D eigenvalue weighted by Crippen LogP contribution is -2.51. The van der Waals surface area contributed by atoms with Crippen LogP contribution in [0.3, 0.4) is 0 Å². The van der Waals surface area contributed by atoms with Gasteiger partial charge >= 0.3 is 0 Å². The van der Waals surface area contributed by atoms with Crippen LogP contribution in [0.5, 0.6) is 0 Å². The van der Waals surface area contributed by atoms with E-state index in [4.69, 9.17) is 16.0 Å². The number of furan rings is 1. The van der Waals surface area contributed by atoms with Gasteiger partial charge in [-0.05, 0) is 59.0 Å². The molecule has 0 aliphatic carbocycles. The fourth-order valence-corrected chi connectivity index (χ4v) is 8.18.